The predicted molar refractivity (Wildman–Crippen MR) is 279 cm³/mol. The highest BCUT2D eigenvalue weighted by atomic mass is 32.2. The van der Waals surface area contributed by atoms with Crippen LogP contribution in [0.25, 0.3) is 11.2 Å². The van der Waals surface area contributed by atoms with Crippen LogP contribution in [-0.2, 0) is 72.0 Å². The molecule has 4 aromatic rings. The van der Waals surface area contributed by atoms with Crippen LogP contribution < -0.4 is 16.0 Å². The Morgan fingerprint density at radius 2 is 1.57 bits per heavy atom. The zero-order chi connectivity index (χ0) is 57.5. The number of rotatable bonds is 25. The molecule has 2 aromatic carbocycles. The Labute approximate surface area is 454 Å². The number of aromatic nitrogens is 4. The van der Waals surface area contributed by atoms with Crippen LogP contribution in [0.3, 0.4) is 0 Å². The van der Waals surface area contributed by atoms with E-state index in [0.29, 0.717) is 81.4 Å². The molecule has 0 radical (unpaired) electrons. The standard InChI is InChI=1S/C46H61N8O20P3S2/c1-4-52-33-18-16-29(78(64,65)66)23-31(33)45(2)26-46(3)32-24-30(79(67,68)69)17-19-34(32)53(37(46)14-12-13-36(45)52)21-10-7-8-15-38(55)48-20-9-5-6-11-22-70-75(58,59)73-77(62,63)74-76(60,61)71-25-35-40(56)41(57)44(72-35)54-28-51-39-42(47)49-27-50-43(39)54/h12-14,16-19,23-24,27-28,35,40-41,44,56-57H,4-11,15,20-22,25-26H2,1-3H3,(H7-,47,48,49,50,55,58,59,60,61,62,63,64,65,66,67,68,69)/t35-,40-,41-,44-,45?,46?/m1/s1. The number of likely N-dealkylation sites (N-methyl/N-ethyl adjacent to an activating group) is 1. The first-order valence-corrected chi connectivity index (χ1v) is 32.3. The van der Waals surface area contributed by atoms with E-state index in [0.717, 1.165) is 23.4 Å². The highest BCUT2D eigenvalue weighted by Gasteiger charge is 2.56. The summed E-state index contributed by atoms with van der Waals surface area (Å²) in [6.45, 7) is 5.87. The summed E-state index contributed by atoms with van der Waals surface area (Å²) in [7, 11) is -26.1. The maximum atomic E-state index is 12.7. The summed E-state index contributed by atoms with van der Waals surface area (Å²) in [5.41, 5.74) is 8.84. The topological polar surface area (TPSA) is 415 Å². The molecule has 2 aromatic heterocycles. The first-order valence-electron chi connectivity index (χ1n) is 24.9. The van der Waals surface area contributed by atoms with Crippen molar-refractivity contribution in [3.63, 3.8) is 0 Å². The van der Waals surface area contributed by atoms with Crippen molar-refractivity contribution in [3.05, 3.63) is 84.1 Å². The van der Waals surface area contributed by atoms with Gasteiger partial charge in [-0.1, -0.05) is 18.9 Å². The van der Waals surface area contributed by atoms with Crippen LogP contribution >= 0.6 is 23.5 Å². The number of carbonyl (C=O) groups excluding carboxylic acids is 1. The number of aliphatic hydroxyl groups is 2. The number of aliphatic hydroxyl groups excluding tert-OH is 2. The molecule has 8 rings (SSSR count). The van der Waals surface area contributed by atoms with E-state index in [9.17, 15) is 69.3 Å². The zero-order valence-corrected chi connectivity index (χ0v) is 47.2. The van der Waals surface area contributed by atoms with Gasteiger partial charge < -0.3 is 50.1 Å². The van der Waals surface area contributed by atoms with Crippen molar-refractivity contribution < 1.29 is 96.3 Å². The zero-order valence-electron chi connectivity index (χ0n) is 42.9. The lowest BCUT2D eigenvalue weighted by Crippen LogP contribution is -2.41. The molecule has 3 aliphatic heterocycles. The van der Waals surface area contributed by atoms with E-state index in [1.807, 2.05) is 39.0 Å². The number of anilines is 2. The van der Waals surface area contributed by atoms with Crippen LogP contribution in [0.5, 0.6) is 0 Å². The number of carbonyl (C=O) groups is 1. The van der Waals surface area contributed by atoms with Gasteiger partial charge in [0.05, 0.1) is 34.7 Å². The second-order valence-electron chi connectivity index (χ2n) is 19.7. The van der Waals surface area contributed by atoms with Gasteiger partial charge in [0.1, 0.15) is 46.8 Å². The minimum atomic E-state index is -5.82. The summed E-state index contributed by atoms with van der Waals surface area (Å²) in [6.07, 6.45) is 6.04. The van der Waals surface area contributed by atoms with E-state index in [1.54, 1.807) is 12.1 Å². The number of nitrogens with one attached hydrogen (secondary N) is 1. The van der Waals surface area contributed by atoms with Crippen molar-refractivity contribution in [1.29, 1.82) is 0 Å². The Bertz CT molecular complexity index is 3490. The third-order valence-corrected chi connectivity index (χ3v) is 20.3. The lowest BCUT2D eigenvalue weighted by atomic mass is 9.64. The van der Waals surface area contributed by atoms with E-state index < -0.39 is 92.3 Å². The van der Waals surface area contributed by atoms with Gasteiger partial charge in [0.25, 0.3) is 10.1 Å². The van der Waals surface area contributed by atoms with Gasteiger partial charge in [0.15, 0.2) is 23.4 Å². The number of ether oxygens (including phenoxy) is 1. The van der Waals surface area contributed by atoms with Crippen molar-refractivity contribution >= 4 is 83.7 Å². The monoisotopic (exact) mass is 1200 g/mol. The number of phosphoric ester groups is 2. The molecule has 79 heavy (non-hydrogen) atoms. The normalized spacial score (nSPS) is 25.1. The molecule has 33 heteroatoms. The van der Waals surface area contributed by atoms with Crippen LogP contribution in [0, 0.1) is 0 Å². The number of allylic oxidation sites excluding steroid dienone is 4. The van der Waals surface area contributed by atoms with Gasteiger partial charge in [-0.25, -0.2) is 37.1 Å². The third kappa shape index (κ3) is 13.2. The summed E-state index contributed by atoms with van der Waals surface area (Å²) in [5, 5.41) is 23.9. The van der Waals surface area contributed by atoms with E-state index in [2.05, 4.69) is 42.9 Å². The Morgan fingerprint density at radius 3 is 2.28 bits per heavy atom. The first-order chi connectivity index (χ1) is 37.0. The van der Waals surface area contributed by atoms with Crippen LogP contribution in [0.15, 0.2) is 82.8 Å². The summed E-state index contributed by atoms with van der Waals surface area (Å²) in [5.74, 6) is -0.157. The first kappa shape index (κ1) is 60.4. The molecule has 5 heterocycles. The van der Waals surface area contributed by atoms with Crippen molar-refractivity contribution in [2.45, 2.75) is 124 Å². The van der Waals surface area contributed by atoms with E-state index in [1.165, 1.54) is 35.2 Å². The molecule has 1 aliphatic carbocycles. The molecule has 0 saturated carbocycles. The number of hydrogen-bond donors (Lipinski definition) is 8. The maximum Gasteiger partial charge on any atom is 0.490 e. The molecule has 1 amide bonds. The molecule has 0 spiro atoms. The fourth-order valence-corrected chi connectivity index (χ4v) is 15.3. The Kier molecular flexibility index (Phi) is 17.8. The number of nitrogens with zero attached hydrogens (tertiary/aromatic N) is 6. The SMILES string of the molecule is CCN1C2=CC=CC3=[N+](CCCCCC(=O)NCCCCCCOP(=O)(O)OP(=O)(O)OP(=O)(O)OC[C@H]4O[C@@H](n5cnc6c(N)ncnc65)[C@H](O)[C@@H]4O)c4ccc(S(=O)(=O)[O-])cc4C3(C)CC2(C)c2cc(S(=O)(=O)O)ccc21. The van der Waals surface area contributed by atoms with Crippen molar-refractivity contribution in [1.82, 2.24) is 24.8 Å². The highest BCUT2D eigenvalue weighted by Crippen LogP contribution is 2.68. The molecular weight excluding hydrogens is 1140 g/mol. The minimum absolute atomic E-state index is 0.0215. The van der Waals surface area contributed by atoms with Gasteiger partial charge in [-0.2, -0.15) is 21.6 Å². The van der Waals surface area contributed by atoms with Crippen LogP contribution in [0.1, 0.15) is 95.9 Å². The number of nitrogen functional groups attached to an aromatic ring is 1. The van der Waals surface area contributed by atoms with Gasteiger partial charge >= 0.3 is 23.5 Å². The molecule has 0 bridgehead atoms. The number of imidazole rings is 1. The summed E-state index contributed by atoms with van der Waals surface area (Å²) < 4.78 is 136. The number of benzene rings is 2. The smallest absolute Gasteiger partial charge is 0.490 e. The molecule has 4 aliphatic rings. The lowest BCUT2D eigenvalue weighted by molar-refractivity contribution is -0.438. The van der Waals surface area contributed by atoms with Crippen molar-refractivity contribution in [2.75, 3.05) is 43.5 Å². The van der Waals surface area contributed by atoms with Gasteiger partial charge in [-0.15, -0.1) is 0 Å². The number of fused-ring (bicyclic) bond motifs is 7. The quantitative estimate of drug-likeness (QED) is 0.0196. The summed E-state index contributed by atoms with van der Waals surface area (Å²) >= 11 is 0. The van der Waals surface area contributed by atoms with E-state index in [4.69, 9.17) is 15.0 Å². The van der Waals surface area contributed by atoms with Crippen LogP contribution in [0.4, 0.5) is 17.2 Å². The molecule has 1 fully saturated rings. The van der Waals surface area contributed by atoms with E-state index >= 15 is 0 Å². The number of unbranched alkanes of at least 4 members (excludes halogenated alkanes) is 5. The largest absolute Gasteiger partial charge is 0.744 e. The van der Waals surface area contributed by atoms with Gasteiger partial charge in [-0.05, 0) is 94.8 Å². The predicted octanol–water partition coefficient (Wildman–Crippen LogP) is 4.48. The fraction of sp³-hybridized carbons (Fsp3) is 0.500. The van der Waals surface area contributed by atoms with Gasteiger partial charge in [0.2, 0.25) is 11.6 Å². The second kappa shape index (κ2) is 23.3. The van der Waals surface area contributed by atoms with Gasteiger partial charge in [0, 0.05) is 60.4 Å². The number of hydrogen-bond acceptors (Lipinski definition) is 21. The fourth-order valence-electron chi connectivity index (χ4n) is 10.7. The van der Waals surface area contributed by atoms with Gasteiger partial charge in [-0.3, -0.25) is 23.0 Å². The molecule has 9 N–H and O–H groups in total. The summed E-state index contributed by atoms with van der Waals surface area (Å²) in [4.78, 5) is 56.1. The maximum absolute atomic E-state index is 12.7. The Hall–Kier alpha value is -4.68. The van der Waals surface area contributed by atoms with Crippen LogP contribution in [-0.4, -0.2) is 138 Å². The average Bonchev–Trinajstić information content (AvgIpc) is 3.38. The third-order valence-electron chi connectivity index (χ3n) is 14.3. The Morgan fingerprint density at radius 1 is 0.886 bits per heavy atom. The molecule has 432 valence electrons. The number of amides is 1. The average molecular weight is 1200 g/mol. The molecule has 1 saturated heterocycles. The minimum Gasteiger partial charge on any atom is -0.744 e. The van der Waals surface area contributed by atoms with E-state index in [-0.39, 0.29) is 45.5 Å². The summed E-state index contributed by atoms with van der Waals surface area (Å²) in [6, 6.07) is 8.84. The number of phosphoric acid groups is 3. The molecule has 28 nitrogen and oxygen atoms in total. The van der Waals surface area contributed by atoms with Crippen LogP contribution in [0.2, 0.25) is 0 Å². The molecule has 9 atom stereocenters. The highest BCUT2D eigenvalue weighted by molar-refractivity contribution is 7.86. The second-order valence-corrected chi connectivity index (χ2v) is 27.2. The Balaban J connectivity index is 0.756. The van der Waals surface area contributed by atoms with Crippen molar-refractivity contribution in [2.24, 2.45) is 0 Å². The molecular formula is C46H61N8O20P3S2. The number of nitrogens with two attached hydrogens (primary N) is 1. The van der Waals surface area contributed by atoms with Crippen molar-refractivity contribution in [3.8, 4) is 0 Å². The molecule has 5 unspecified atom stereocenters. The lowest BCUT2D eigenvalue weighted by Gasteiger charge is -2.37.